The van der Waals surface area contributed by atoms with Crippen LogP contribution in [-0.2, 0) is 6.54 Å². The zero-order chi connectivity index (χ0) is 11.4. The second-order valence-electron chi connectivity index (χ2n) is 3.71. The number of nitrogens with zero attached hydrogens (tertiary/aromatic N) is 1. The molecule has 1 aromatic heterocycles. The molecule has 2 rings (SSSR count). The maximum atomic E-state index is 5.80. The van der Waals surface area contributed by atoms with Gasteiger partial charge in [0.2, 0.25) is 0 Å². The number of anilines is 1. The van der Waals surface area contributed by atoms with Crippen LogP contribution in [0.25, 0.3) is 0 Å². The third-order valence-electron chi connectivity index (χ3n) is 2.34. The first-order valence-corrected chi connectivity index (χ1v) is 5.53. The fraction of sp³-hybridized carbons (Fsp3) is 0.154. The van der Waals surface area contributed by atoms with E-state index in [0.717, 1.165) is 12.2 Å². The van der Waals surface area contributed by atoms with Gasteiger partial charge in [0.05, 0.1) is 0 Å². The molecule has 82 valence electrons. The van der Waals surface area contributed by atoms with E-state index in [1.165, 1.54) is 11.1 Å². The predicted molar refractivity (Wildman–Crippen MR) is 67.8 cm³/mol. The van der Waals surface area contributed by atoms with Gasteiger partial charge in [0, 0.05) is 18.4 Å². The summed E-state index contributed by atoms with van der Waals surface area (Å²) >= 11 is 5.80. The smallest absolute Gasteiger partial charge is 0.131 e. The highest BCUT2D eigenvalue weighted by Crippen LogP contribution is 2.13. The van der Waals surface area contributed by atoms with Crippen LogP contribution in [0.15, 0.2) is 42.6 Å². The van der Waals surface area contributed by atoms with Crippen LogP contribution in [0, 0.1) is 6.92 Å². The minimum absolute atomic E-state index is 0.508. The summed E-state index contributed by atoms with van der Waals surface area (Å²) in [5, 5.41) is 3.81. The lowest BCUT2D eigenvalue weighted by atomic mass is 10.1. The Bertz CT molecular complexity index is 466. The first kappa shape index (κ1) is 11.0. The Balaban J connectivity index is 1.99. The molecule has 0 aliphatic carbocycles. The van der Waals surface area contributed by atoms with Gasteiger partial charge in [0.25, 0.3) is 0 Å². The number of benzene rings is 1. The number of halogens is 1. The molecule has 16 heavy (non-hydrogen) atoms. The Labute approximate surface area is 100 Å². The van der Waals surface area contributed by atoms with E-state index < -0.39 is 0 Å². The quantitative estimate of drug-likeness (QED) is 0.817. The largest absolute Gasteiger partial charge is 0.381 e. The second-order valence-corrected chi connectivity index (χ2v) is 4.09. The van der Waals surface area contributed by atoms with Crippen molar-refractivity contribution < 1.29 is 0 Å². The van der Waals surface area contributed by atoms with Gasteiger partial charge in [-0.3, -0.25) is 0 Å². The van der Waals surface area contributed by atoms with Crippen LogP contribution in [0.1, 0.15) is 11.1 Å². The molecule has 0 amide bonds. The van der Waals surface area contributed by atoms with Crippen LogP contribution < -0.4 is 5.32 Å². The van der Waals surface area contributed by atoms with Crippen LogP contribution in [-0.4, -0.2) is 4.98 Å². The van der Waals surface area contributed by atoms with Gasteiger partial charge in [0.15, 0.2) is 0 Å². The monoisotopic (exact) mass is 232 g/mol. The number of hydrogen-bond donors (Lipinski definition) is 1. The van der Waals surface area contributed by atoms with Crippen molar-refractivity contribution in [2.24, 2.45) is 0 Å². The van der Waals surface area contributed by atoms with Crippen molar-refractivity contribution in [1.82, 2.24) is 4.98 Å². The third kappa shape index (κ3) is 2.97. The first-order valence-electron chi connectivity index (χ1n) is 5.15. The average Bonchev–Trinajstić information content (AvgIpc) is 2.28. The van der Waals surface area contributed by atoms with Crippen LogP contribution in [0.3, 0.4) is 0 Å². The molecule has 0 unspecified atom stereocenters. The standard InChI is InChI=1S/C13H13ClN2/c1-10-2-4-11(5-3-10)9-16-12-6-7-15-13(14)8-12/h2-8H,9H2,1H3,(H,15,16). The molecule has 0 saturated carbocycles. The van der Waals surface area contributed by atoms with Gasteiger partial charge in [-0.2, -0.15) is 0 Å². The molecule has 0 saturated heterocycles. The normalized spacial score (nSPS) is 10.1. The Kier molecular flexibility index (Phi) is 3.42. The molecule has 0 atom stereocenters. The molecular formula is C13H13ClN2. The van der Waals surface area contributed by atoms with Crippen molar-refractivity contribution in [3.63, 3.8) is 0 Å². The van der Waals surface area contributed by atoms with Gasteiger partial charge in [-0.05, 0) is 24.6 Å². The molecule has 0 aliphatic heterocycles. The highest BCUT2D eigenvalue weighted by molar-refractivity contribution is 6.29. The molecule has 1 heterocycles. The van der Waals surface area contributed by atoms with E-state index in [4.69, 9.17) is 11.6 Å². The summed E-state index contributed by atoms with van der Waals surface area (Å²) in [6.45, 7) is 2.88. The van der Waals surface area contributed by atoms with Crippen molar-refractivity contribution in [3.8, 4) is 0 Å². The summed E-state index contributed by atoms with van der Waals surface area (Å²) in [6, 6.07) is 12.2. The summed E-state index contributed by atoms with van der Waals surface area (Å²) in [5.74, 6) is 0. The zero-order valence-electron chi connectivity index (χ0n) is 9.07. The predicted octanol–water partition coefficient (Wildman–Crippen LogP) is 3.66. The lowest BCUT2D eigenvalue weighted by Crippen LogP contribution is -1.99. The number of rotatable bonds is 3. The van der Waals surface area contributed by atoms with E-state index >= 15 is 0 Å². The van der Waals surface area contributed by atoms with E-state index in [-0.39, 0.29) is 0 Å². The van der Waals surface area contributed by atoms with E-state index in [1.54, 1.807) is 6.20 Å². The van der Waals surface area contributed by atoms with Gasteiger partial charge in [-0.25, -0.2) is 4.98 Å². The summed E-state index contributed by atoms with van der Waals surface area (Å²) in [4.78, 5) is 3.93. The van der Waals surface area contributed by atoms with Gasteiger partial charge in [-0.1, -0.05) is 41.4 Å². The van der Waals surface area contributed by atoms with E-state index in [1.807, 2.05) is 12.1 Å². The topological polar surface area (TPSA) is 24.9 Å². The van der Waals surface area contributed by atoms with Gasteiger partial charge < -0.3 is 5.32 Å². The van der Waals surface area contributed by atoms with Crippen LogP contribution in [0.4, 0.5) is 5.69 Å². The fourth-order valence-corrected chi connectivity index (χ4v) is 1.60. The van der Waals surface area contributed by atoms with Crippen molar-refractivity contribution in [2.75, 3.05) is 5.32 Å². The van der Waals surface area contributed by atoms with Crippen LogP contribution in [0.2, 0.25) is 5.15 Å². The number of nitrogens with one attached hydrogen (secondary N) is 1. The maximum Gasteiger partial charge on any atom is 0.131 e. The molecule has 2 aromatic rings. The molecule has 0 spiro atoms. The van der Waals surface area contributed by atoms with Crippen molar-refractivity contribution in [2.45, 2.75) is 13.5 Å². The molecule has 1 aromatic carbocycles. The molecule has 0 aliphatic rings. The van der Waals surface area contributed by atoms with E-state index in [2.05, 4.69) is 41.5 Å². The third-order valence-corrected chi connectivity index (χ3v) is 2.55. The molecule has 0 bridgehead atoms. The summed E-state index contributed by atoms with van der Waals surface area (Å²) in [6.07, 6.45) is 1.69. The number of hydrogen-bond acceptors (Lipinski definition) is 2. The molecule has 0 radical (unpaired) electrons. The molecular weight excluding hydrogens is 220 g/mol. The van der Waals surface area contributed by atoms with Crippen LogP contribution in [0.5, 0.6) is 0 Å². The van der Waals surface area contributed by atoms with Crippen molar-refractivity contribution in [1.29, 1.82) is 0 Å². The molecule has 0 fully saturated rings. The molecule has 3 heteroatoms. The second kappa shape index (κ2) is 4.99. The summed E-state index contributed by atoms with van der Waals surface area (Å²) < 4.78 is 0. The summed E-state index contributed by atoms with van der Waals surface area (Å²) in [5.41, 5.74) is 3.51. The van der Waals surface area contributed by atoms with Gasteiger partial charge in [-0.15, -0.1) is 0 Å². The highest BCUT2D eigenvalue weighted by Gasteiger charge is 1.95. The Morgan fingerprint density at radius 3 is 2.62 bits per heavy atom. The summed E-state index contributed by atoms with van der Waals surface area (Å²) in [7, 11) is 0. The maximum absolute atomic E-state index is 5.80. The zero-order valence-corrected chi connectivity index (χ0v) is 9.83. The van der Waals surface area contributed by atoms with Gasteiger partial charge in [0.1, 0.15) is 5.15 Å². The highest BCUT2D eigenvalue weighted by atomic mass is 35.5. The first-order chi connectivity index (χ1) is 7.74. The lowest BCUT2D eigenvalue weighted by molar-refractivity contribution is 1.14. The number of aryl methyl sites for hydroxylation is 1. The Morgan fingerprint density at radius 1 is 1.19 bits per heavy atom. The Morgan fingerprint density at radius 2 is 1.94 bits per heavy atom. The molecule has 2 nitrogen and oxygen atoms in total. The van der Waals surface area contributed by atoms with Crippen molar-refractivity contribution >= 4 is 17.3 Å². The fourth-order valence-electron chi connectivity index (χ4n) is 1.42. The number of aromatic nitrogens is 1. The Hall–Kier alpha value is -1.54. The minimum atomic E-state index is 0.508. The lowest BCUT2D eigenvalue weighted by Gasteiger charge is -2.06. The number of pyridine rings is 1. The SMILES string of the molecule is Cc1ccc(CNc2ccnc(Cl)c2)cc1. The van der Waals surface area contributed by atoms with Crippen LogP contribution >= 0.6 is 11.6 Å². The average molecular weight is 233 g/mol. The van der Waals surface area contributed by atoms with Gasteiger partial charge >= 0.3 is 0 Å². The van der Waals surface area contributed by atoms with E-state index in [9.17, 15) is 0 Å². The molecule has 1 N–H and O–H groups in total. The minimum Gasteiger partial charge on any atom is -0.381 e. The van der Waals surface area contributed by atoms with E-state index in [0.29, 0.717) is 5.15 Å². The van der Waals surface area contributed by atoms with Crippen molar-refractivity contribution in [3.05, 3.63) is 58.9 Å².